The van der Waals surface area contributed by atoms with Crippen LogP contribution in [0.15, 0.2) is 24.4 Å². The van der Waals surface area contributed by atoms with E-state index < -0.39 is 0 Å². The summed E-state index contributed by atoms with van der Waals surface area (Å²) < 4.78 is 0. The second-order valence-corrected chi connectivity index (χ2v) is 5.77. The summed E-state index contributed by atoms with van der Waals surface area (Å²) >= 11 is 5.93. The lowest BCUT2D eigenvalue weighted by atomic mass is 10.1. The molecule has 0 aliphatic carbocycles. The summed E-state index contributed by atoms with van der Waals surface area (Å²) in [6.07, 6.45) is 3.49. The van der Waals surface area contributed by atoms with Gasteiger partial charge in [0.25, 0.3) is 0 Å². The quantitative estimate of drug-likeness (QED) is 0.925. The van der Waals surface area contributed by atoms with Crippen molar-refractivity contribution >= 4 is 34.4 Å². The van der Waals surface area contributed by atoms with E-state index in [-0.39, 0.29) is 11.9 Å². The zero-order chi connectivity index (χ0) is 14.8. The molecule has 1 fully saturated rings. The summed E-state index contributed by atoms with van der Waals surface area (Å²) in [6.45, 7) is 3.34. The molecule has 2 aromatic rings. The van der Waals surface area contributed by atoms with Crippen LogP contribution in [0.25, 0.3) is 11.0 Å². The number of hydrogen-bond donors (Lipinski definition) is 1. The van der Waals surface area contributed by atoms with Gasteiger partial charge in [0.05, 0.1) is 5.02 Å². The molecule has 0 aromatic carbocycles. The summed E-state index contributed by atoms with van der Waals surface area (Å²) in [5.41, 5.74) is 0.709. The first-order valence-electron chi connectivity index (χ1n) is 7.06. The fourth-order valence-corrected chi connectivity index (χ4v) is 2.86. The minimum absolute atomic E-state index is 0.0401. The van der Waals surface area contributed by atoms with Crippen molar-refractivity contribution in [1.82, 2.24) is 15.3 Å². The molecule has 110 valence electrons. The molecule has 1 aliphatic heterocycles. The van der Waals surface area contributed by atoms with E-state index in [0.29, 0.717) is 10.7 Å². The van der Waals surface area contributed by atoms with Crippen LogP contribution in [0.5, 0.6) is 0 Å². The van der Waals surface area contributed by atoms with Crippen molar-refractivity contribution in [2.75, 3.05) is 18.0 Å². The Hall–Kier alpha value is -1.88. The van der Waals surface area contributed by atoms with Gasteiger partial charge < -0.3 is 10.2 Å². The molecule has 21 heavy (non-hydrogen) atoms. The number of piperidine rings is 1. The summed E-state index contributed by atoms with van der Waals surface area (Å²) in [7, 11) is 0. The monoisotopic (exact) mass is 304 g/mol. The molecular weight excluding hydrogens is 288 g/mol. The van der Waals surface area contributed by atoms with Gasteiger partial charge in [-0.05, 0) is 31.0 Å². The van der Waals surface area contributed by atoms with Crippen molar-refractivity contribution < 1.29 is 4.79 Å². The second-order valence-electron chi connectivity index (χ2n) is 5.33. The average Bonchev–Trinajstić information content (AvgIpc) is 2.47. The second kappa shape index (κ2) is 5.85. The van der Waals surface area contributed by atoms with Crippen molar-refractivity contribution in [3.05, 3.63) is 29.4 Å². The molecule has 0 spiro atoms. The molecule has 1 amide bonds. The zero-order valence-electron chi connectivity index (χ0n) is 11.8. The topological polar surface area (TPSA) is 58.1 Å². The maximum Gasteiger partial charge on any atom is 0.217 e. The van der Waals surface area contributed by atoms with E-state index in [4.69, 9.17) is 11.6 Å². The van der Waals surface area contributed by atoms with E-state index in [9.17, 15) is 4.79 Å². The van der Waals surface area contributed by atoms with Gasteiger partial charge in [-0.3, -0.25) is 4.79 Å². The Morgan fingerprint density at radius 1 is 1.38 bits per heavy atom. The zero-order valence-corrected chi connectivity index (χ0v) is 12.6. The summed E-state index contributed by atoms with van der Waals surface area (Å²) in [5, 5.41) is 4.54. The minimum Gasteiger partial charge on any atom is -0.356 e. The van der Waals surface area contributed by atoms with Gasteiger partial charge >= 0.3 is 0 Å². The third kappa shape index (κ3) is 3.24. The van der Waals surface area contributed by atoms with Gasteiger partial charge in [0.2, 0.25) is 5.91 Å². The smallest absolute Gasteiger partial charge is 0.217 e. The van der Waals surface area contributed by atoms with Crippen LogP contribution in [0.3, 0.4) is 0 Å². The fourth-order valence-electron chi connectivity index (χ4n) is 2.69. The van der Waals surface area contributed by atoms with Gasteiger partial charge in [-0.25, -0.2) is 9.97 Å². The van der Waals surface area contributed by atoms with Crippen LogP contribution in [0.2, 0.25) is 5.02 Å². The Balaban J connectivity index is 1.73. The van der Waals surface area contributed by atoms with Crippen molar-refractivity contribution in [3.63, 3.8) is 0 Å². The highest BCUT2D eigenvalue weighted by Crippen LogP contribution is 2.22. The normalized spacial score (nSPS) is 16.2. The van der Waals surface area contributed by atoms with Gasteiger partial charge in [0.1, 0.15) is 5.82 Å². The number of carbonyl (C=O) groups is 1. The number of halogens is 1. The number of nitrogens with one attached hydrogen (secondary N) is 1. The van der Waals surface area contributed by atoms with Gasteiger partial charge in [-0.2, -0.15) is 0 Å². The van der Waals surface area contributed by atoms with Crippen molar-refractivity contribution in [1.29, 1.82) is 0 Å². The minimum atomic E-state index is 0.0401. The van der Waals surface area contributed by atoms with Crippen LogP contribution >= 0.6 is 11.6 Å². The maximum atomic E-state index is 11.1. The first-order chi connectivity index (χ1) is 10.1. The predicted molar refractivity (Wildman–Crippen MR) is 83.6 cm³/mol. The number of amides is 1. The number of fused-ring (bicyclic) bond motifs is 1. The molecule has 6 heteroatoms. The Kier molecular flexibility index (Phi) is 3.92. The molecule has 3 rings (SSSR count). The third-order valence-electron chi connectivity index (χ3n) is 3.72. The third-order valence-corrected chi connectivity index (χ3v) is 3.93. The lowest BCUT2D eigenvalue weighted by molar-refractivity contribution is -0.119. The van der Waals surface area contributed by atoms with Crippen LogP contribution in [-0.2, 0) is 4.79 Å². The number of anilines is 1. The van der Waals surface area contributed by atoms with Crippen molar-refractivity contribution in [3.8, 4) is 0 Å². The Morgan fingerprint density at radius 3 is 2.86 bits per heavy atom. The molecule has 0 bridgehead atoms. The number of nitrogens with zero attached hydrogens (tertiary/aromatic N) is 3. The number of pyridine rings is 2. The van der Waals surface area contributed by atoms with E-state index in [2.05, 4.69) is 20.2 Å². The molecule has 0 saturated carbocycles. The molecule has 0 unspecified atom stereocenters. The van der Waals surface area contributed by atoms with Gasteiger partial charge in [-0.1, -0.05) is 11.6 Å². The molecule has 1 N–H and O–H groups in total. The maximum absolute atomic E-state index is 11.1. The SMILES string of the molecule is CC(=O)NC1CCN(c2ccc3cc(Cl)cnc3n2)CC1. The van der Waals surface area contributed by atoms with Crippen LogP contribution in [0, 0.1) is 0 Å². The van der Waals surface area contributed by atoms with Gasteiger partial charge in [0, 0.05) is 37.6 Å². The van der Waals surface area contributed by atoms with E-state index in [1.165, 1.54) is 0 Å². The van der Waals surface area contributed by atoms with Crippen molar-refractivity contribution in [2.24, 2.45) is 0 Å². The van der Waals surface area contributed by atoms with Gasteiger partial charge in [-0.15, -0.1) is 0 Å². The molecule has 1 saturated heterocycles. The molecule has 1 aliphatic rings. The fraction of sp³-hybridized carbons (Fsp3) is 0.400. The highest BCUT2D eigenvalue weighted by Gasteiger charge is 2.20. The van der Waals surface area contributed by atoms with E-state index in [1.54, 1.807) is 13.1 Å². The number of carbonyl (C=O) groups excluding carboxylic acids is 1. The van der Waals surface area contributed by atoms with Crippen LogP contribution in [0.1, 0.15) is 19.8 Å². The largest absolute Gasteiger partial charge is 0.356 e. The predicted octanol–water partition coefficient (Wildman–Crippen LogP) is 2.39. The van der Waals surface area contributed by atoms with E-state index in [1.807, 2.05) is 18.2 Å². The first kappa shape index (κ1) is 14.1. The van der Waals surface area contributed by atoms with E-state index in [0.717, 1.165) is 37.1 Å². The number of rotatable bonds is 2. The lowest BCUT2D eigenvalue weighted by Gasteiger charge is -2.33. The molecule has 3 heterocycles. The average molecular weight is 305 g/mol. The summed E-state index contributed by atoms with van der Waals surface area (Å²) in [6, 6.07) is 6.13. The molecule has 0 atom stereocenters. The van der Waals surface area contributed by atoms with Gasteiger partial charge in [0.15, 0.2) is 5.65 Å². The molecule has 0 radical (unpaired) electrons. The summed E-state index contributed by atoms with van der Waals surface area (Å²) in [4.78, 5) is 22.2. The first-order valence-corrected chi connectivity index (χ1v) is 7.44. The van der Waals surface area contributed by atoms with E-state index >= 15 is 0 Å². The number of aromatic nitrogens is 2. The Bertz CT molecular complexity index is 668. The molecule has 2 aromatic heterocycles. The Morgan fingerprint density at radius 2 is 2.14 bits per heavy atom. The van der Waals surface area contributed by atoms with Crippen LogP contribution in [-0.4, -0.2) is 35.0 Å². The number of hydrogen-bond acceptors (Lipinski definition) is 4. The molecular formula is C15H17ClN4O. The Labute approximate surface area is 128 Å². The highest BCUT2D eigenvalue weighted by atomic mass is 35.5. The van der Waals surface area contributed by atoms with Crippen LogP contribution < -0.4 is 10.2 Å². The molecule has 5 nitrogen and oxygen atoms in total. The highest BCUT2D eigenvalue weighted by molar-refractivity contribution is 6.31. The summed E-state index contributed by atoms with van der Waals surface area (Å²) in [5.74, 6) is 0.969. The lowest BCUT2D eigenvalue weighted by Crippen LogP contribution is -2.44. The van der Waals surface area contributed by atoms with Crippen LogP contribution in [0.4, 0.5) is 5.82 Å². The van der Waals surface area contributed by atoms with Crippen molar-refractivity contribution in [2.45, 2.75) is 25.8 Å². The standard InChI is InChI=1S/C15H17ClN4O/c1-10(21)18-13-4-6-20(7-5-13)14-3-2-11-8-12(16)9-17-15(11)19-14/h2-3,8-9,13H,4-7H2,1H3,(H,18,21).